The molecule has 0 N–H and O–H groups in total. The van der Waals surface area contributed by atoms with Crippen LogP contribution in [0.1, 0.15) is 36.5 Å². The Morgan fingerprint density at radius 1 is 1.50 bits per heavy atom. The van der Waals surface area contributed by atoms with Crippen LogP contribution in [0.3, 0.4) is 0 Å². The van der Waals surface area contributed by atoms with Crippen LogP contribution in [-0.2, 0) is 28.9 Å². The Morgan fingerprint density at radius 3 is 3.11 bits per heavy atom. The third-order valence-electron chi connectivity index (χ3n) is 4.90. The summed E-state index contributed by atoms with van der Waals surface area (Å²) in [5, 5.41) is 1.26. The monoisotopic (exact) mass is 418 g/mol. The molecular formula is C20H22N2O4S2. The Balaban J connectivity index is 1.79. The first-order valence-electron chi connectivity index (χ1n) is 9.42. The number of furan rings is 1. The highest BCUT2D eigenvalue weighted by molar-refractivity contribution is 7.99. The van der Waals surface area contributed by atoms with E-state index in [1.807, 2.05) is 6.07 Å². The highest BCUT2D eigenvalue weighted by Crippen LogP contribution is 2.36. The van der Waals surface area contributed by atoms with Gasteiger partial charge in [0.1, 0.15) is 10.6 Å². The number of nitrogens with zero attached hydrogens (tertiary/aromatic N) is 2. The molecular weight excluding hydrogens is 396 g/mol. The molecule has 6 nitrogen and oxygen atoms in total. The van der Waals surface area contributed by atoms with Crippen LogP contribution in [-0.4, -0.2) is 27.9 Å². The number of fused-ring (bicyclic) bond motifs is 3. The van der Waals surface area contributed by atoms with Gasteiger partial charge in [0, 0.05) is 4.88 Å². The maximum absolute atomic E-state index is 13.4. The number of thiophene rings is 1. The highest BCUT2D eigenvalue weighted by Gasteiger charge is 2.25. The number of hydrogen-bond acceptors (Lipinski definition) is 7. The highest BCUT2D eigenvalue weighted by atomic mass is 32.2. The summed E-state index contributed by atoms with van der Waals surface area (Å²) in [6.45, 7) is 4.65. The summed E-state index contributed by atoms with van der Waals surface area (Å²) in [6, 6.07) is 3.63. The second-order valence-electron chi connectivity index (χ2n) is 6.99. The topological polar surface area (TPSA) is 74.3 Å². The molecule has 0 bridgehead atoms. The number of rotatable bonds is 6. The van der Waals surface area contributed by atoms with Crippen LogP contribution in [0.5, 0.6) is 0 Å². The van der Waals surface area contributed by atoms with E-state index in [4.69, 9.17) is 14.1 Å². The van der Waals surface area contributed by atoms with Crippen LogP contribution in [0, 0.1) is 5.92 Å². The third-order valence-corrected chi connectivity index (χ3v) is 7.00. The largest absolute Gasteiger partial charge is 0.467 e. The summed E-state index contributed by atoms with van der Waals surface area (Å²) in [5.74, 6) is 1.11. The summed E-state index contributed by atoms with van der Waals surface area (Å²) in [5.41, 5.74) is 1.10. The van der Waals surface area contributed by atoms with Gasteiger partial charge < -0.3 is 9.15 Å². The first-order chi connectivity index (χ1) is 13.6. The molecule has 0 saturated heterocycles. The van der Waals surface area contributed by atoms with Gasteiger partial charge in [0.2, 0.25) is 0 Å². The molecule has 1 aliphatic rings. The quantitative estimate of drug-likeness (QED) is 0.344. The predicted octanol–water partition coefficient (Wildman–Crippen LogP) is 3.88. The zero-order chi connectivity index (χ0) is 19.7. The molecule has 3 heterocycles. The summed E-state index contributed by atoms with van der Waals surface area (Å²) in [6.07, 6.45) is 4.60. The van der Waals surface area contributed by atoms with Gasteiger partial charge in [-0.15, -0.1) is 11.3 Å². The van der Waals surface area contributed by atoms with Crippen molar-refractivity contribution >= 4 is 39.3 Å². The lowest BCUT2D eigenvalue weighted by atomic mass is 9.89. The lowest BCUT2D eigenvalue weighted by molar-refractivity contribution is -0.139. The van der Waals surface area contributed by atoms with Crippen LogP contribution in [0.4, 0.5) is 0 Å². The smallest absolute Gasteiger partial charge is 0.316 e. The molecule has 1 atom stereocenters. The molecule has 0 spiro atoms. The van der Waals surface area contributed by atoms with E-state index >= 15 is 0 Å². The molecule has 4 rings (SSSR count). The van der Waals surface area contributed by atoms with Crippen molar-refractivity contribution in [3.8, 4) is 0 Å². The van der Waals surface area contributed by atoms with Crippen molar-refractivity contribution in [3.05, 3.63) is 45.0 Å². The molecule has 0 fully saturated rings. The molecule has 148 valence electrons. The fourth-order valence-electron chi connectivity index (χ4n) is 3.54. The van der Waals surface area contributed by atoms with Crippen LogP contribution in [0.15, 0.2) is 32.8 Å². The average molecular weight is 419 g/mol. The Hall–Kier alpha value is -2.06. The van der Waals surface area contributed by atoms with Crippen molar-refractivity contribution in [2.24, 2.45) is 5.92 Å². The second kappa shape index (κ2) is 8.13. The zero-order valence-electron chi connectivity index (χ0n) is 15.9. The molecule has 0 radical (unpaired) electrons. The van der Waals surface area contributed by atoms with E-state index in [0.29, 0.717) is 30.0 Å². The van der Waals surface area contributed by atoms with Gasteiger partial charge in [0.25, 0.3) is 5.56 Å². The lowest BCUT2D eigenvalue weighted by Crippen LogP contribution is -2.25. The first-order valence-corrected chi connectivity index (χ1v) is 11.2. The van der Waals surface area contributed by atoms with Gasteiger partial charge in [0.15, 0.2) is 5.16 Å². The molecule has 8 heteroatoms. The van der Waals surface area contributed by atoms with Crippen LogP contribution in [0.2, 0.25) is 0 Å². The minimum Gasteiger partial charge on any atom is -0.467 e. The van der Waals surface area contributed by atoms with Gasteiger partial charge >= 0.3 is 5.97 Å². The first kappa shape index (κ1) is 19.3. The Kier molecular flexibility index (Phi) is 5.59. The van der Waals surface area contributed by atoms with Gasteiger partial charge in [-0.2, -0.15) is 0 Å². The number of esters is 1. The van der Waals surface area contributed by atoms with Gasteiger partial charge in [-0.25, -0.2) is 4.98 Å². The van der Waals surface area contributed by atoms with E-state index in [0.717, 1.165) is 35.0 Å². The standard InChI is InChI=1S/C20H22N2O4S2/c1-3-25-16(23)11-27-20-21-18-17(14-7-6-12(2)9-15(14)28-18)19(24)22(20)10-13-5-4-8-26-13/h4-5,8,12H,3,6-7,9-11H2,1-2H3/t12-/m0/s1. The minimum atomic E-state index is -0.314. The fraction of sp³-hybridized carbons (Fsp3) is 0.450. The summed E-state index contributed by atoms with van der Waals surface area (Å²) in [4.78, 5) is 32.1. The van der Waals surface area contributed by atoms with E-state index in [9.17, 15) is 9.59 Å². The van der Waals surface area contributed by atoms with E-state index in [1.54, 1.807) is 35.2 Å². The molecule has 0 saturated carbocycles. The number of aromatic nitrogens is 2. The SMILES string of the molecule is CCOC(=O)CSc1nc2sc3c(c2c(=O)n1Cc1ccco1)CC[C@H](C)C3. The molecule has 28 heavy (non-hydrogen) atoms. The molecule has 1 aliphatic carbocycles. The van der Waals surface area contributed by atoms with E-state index in [1.165, 1.54) is 16.6 Å². The van der Waals surface area contributed by atoms with E-state index in [2.05, 4.69) is 6.92 Å². The molecule has 0 amide bonds. The van der Waals surface area contributed by atoms with Crippen LogP contribution >= 0.6 is 23.1 Å². The number of aryl methyl sites for hydroxylation is 1. The van der Waals surface area contributed by atoms with Crippen molar-refractivity contribution in [2.75, 3.05) is 12.4 Å². The Morgan fingerprint density at radius 2 is 2.36 bits per heavy atom. The van der Waals surface area contributed by atoms with Crippen molar-refractivity contribution in [1.82, 2.24) is 9.55 Å². The number of carbonyl (C=O) groups excluding carboxylic acids is 1. The normalized spacial score (nSPS) is 16.3. The maximum Gasteiger partial charge on any atom is 0.316 e. The summed E-state index contributed by atoms with van der Waals surface area (Å²) >= 11 is 2.85. The number of hydrogen-bond donors (Lipinski definition) is 0. The van der Waals surface area contributed by atoms with Crippen molar-refractivity contribution in [2.45, 2.75) is 44.8 Å². The van der Waals surface area contributed by atoms with Gasteiger partial charge in [-0.05, 0) is 49.8 Å². The Bertz CT molecular complexity index is 1050. The average Bonchev–Trinajstić information content (AvgIpc) is 3.29. The number of thioether (sulfide) groups is 1. The predicted molar refractivity (Wildman–Crippen MR) is 110 cm³/mol. The molecule has 3 aromatic rings. The van der Waals surface area contributed by atoms with E-state index in [-0.39, 0.29) is 17.3 Å². The zero-order valence-corrected chi connectivity index (χ0v) is 17.5. The van der Waals surface area contributed by atoms with Crippen LogP contribution in [0.25, 0.3) is 10.2 Å². The third kappa shape index (κ3) is 3.75. The molecule has 0 unspecified atom stereocenters. The van der Waals surface area contributed by atoms with Gasteiger partial charge in [-0.1, -0.05) is 18.7 Å². The second-order valence-corrected chi connectivity index (χ2v) is 9.02. The summed E-state index contributed by atoms with van der Waals surface area (Å²) in [7, 11) is 0. The molecule has 3 aromatic heterocycles. The summed E-state index contributed by atoms with van der Waals surface area (Å²) < 4.78 is 12.1. The van der Waals surface area contributed by atoms with Crippen LogP contribution < -0.4 is 5.56 Å². The van der Waals surface area contributed by atoms with Gasteiger partial charge in [0.05, 0.1) is 30.6 Å². The van der Waals surface area contributed by atoms with Crippen molar-refractivity contribution in [3.63, 3.8) is 0 Å². The van der Waals surface area contributed by atoms with Gasteiger partial charge in [-0.3, -0.25) is 14.2 Å². The van der Waals surface area contributed by atoms with Crippen molar-refractivity contribution in [1.29, 1.82) is 0 Å². The number of carbonyl (C=O) groups is 1. The fourth-order valence-corrected chi connectivity index (χ4v) is 5.76. The minimum absolute atomic E-state index is 0.0557. The maximum atomic E-state index is 13.4. The van der Waals surface area contributed by atoms with E-state index < -0.39 is 0 Å². The van der Waals surface area contributed by atoms with Crippen molar-refractivity contribution < 1.29 is 13.9 Å². The molecule has 0 aromatic carbocycles. The number of ether oxygens (including phenoxy) is 1. The Labute approximate surface area is 170 Å². The molecule has 0 aliphatic heterocycles. The lowest BCUT2D eigenvalue weighted by Gasteiger charge is -2.17.